The lowest BCUT2D eigenvalue weighted by Gasteiger charge is -2.16. The van der Waals surface area contributed by atoms with E-state index in [2.05, 4.69) is 15.6 Å². The van der Waals surface area contributed by atoms with Crippen LogP contribution in [0.25, 0.3) is 22.3 Å². The second-order valence-corrected chi connectivity index (χ2v) is 7.34. The van der Waals surface area contributed by atoms with Crippen molar-refractivity contribution in [2.75, 3.05) is 11.9 Å². The first-order chi connectivity index (χ1) is 14.3. The van der Waals surface area contributed by atoms with Crippen LogP contribution in [0, 0.1) is 0 Å². The summed E-state index contributed by atoms with van der Waals surface area (Å²) in [5, 5.41) is 7.38. The molecule has 3 aromatic rings. The molecule has 2 aromatic carbocycles. The van der Waals surface area contributed by atoms with Crippen molar-refractivity contribution in [3.8, 4) is 11.4 Å². The zero-order valence-corrected chi connectivity index (χ0v) is 15.9. The van der Waals surface area contributed by atoms with Gasteiger partial charge in [0.15, 0.2) is 5.82 Å². The van der Waals surface area contributed by atoms with Crippen molar-refractivity contribution in [2.24, 2.45) is 4.99 Å². The molecule has 0 bridgehead atoms. The van der Waals surface area contributed by atoms with Gasteiger partial charge in [-0.25, -0.2) is 9.97 Å². The molecule has 2 N–H and O–H groups in total. The van der Waals surface area contributed by atoms with Gasteiger partial charge in [0.05, 0.1) is 5.52 Å². The number of para-hydroxylation sites is 1. The molecule has 0 atom stereocenters. The molecule has 1 amide bonds. The lowest BCUT2D eigenvalue weighted by atomic mass is 10.1. The first-order valence-corrected chi connectivity index (χ1v) is 9.91. The Morgan fingerprint density at radius 3 is 2.59 bits per heavy atom. The zero-order valence-electron chi connectivity index (χ0n) is 15.9. The zero-order chi connectivity index (χ0) is 19.6. The Morgan fingerprint density at radius 2 is 1.76 bits per heavy atom. The number of anilines is 1. The molecule has 2 heterocycles. The molecule has 1 fully saturated rings. The highest BCUT2D eigenvalue weighted by Crippen LogP contribution is 2.26. The van der Waals surface area contributed by atoms with Crippen LogP contribution in [0.3, 0.4) is 0 Å². The van der Waals surface area contributed by atoms with E-state index in [9.17, 15) is 4.79 Å². The number of carbonyl (C=O) groups excluding carboxylic acids is 1. The average molecular weight is 383 g/mol. The second kappa shape index (κ2) is 7.47. The number of fused-ring (bicyclic) bond motifs is 1. The van der Waals surface area contributed by atoms with Crippen molar-refractivity contribution in [3.05, 3.63) is 66.4 Å². The van der Waals surface area contributed by atoms with Crippen molar-refractivity contribution in [3.63, 3.8) is 0 Å². The third-order valence-corrected chi connectivity index (χ3v) is 5.03. The van der Waals surface area contributed by atoms with E-state index in [1.807, 2.05) is 60.7 Å². The van der Waals surface area contributed by atoms with Crippen LogP contribution >= 0.6 is 0 Å². The smallest absolute Gasteiger partial charge is 0.269 e. The normalized spacial score (nSPS) is 16.1. The fourth-order valence-electron chi connectivity index (χ4n) is 3.34. The first-order valence-electron chi connectivity index (χ1n) is 9.91. The SMILES string of the molecule is O=C(NC1CC1)C1=NCCC(Nc2nc(-c3ccccc3)nc3ccccc23)=C1. The Balaban J connectivity index is 1.48. The number of dihydropyridines is 1. The summed E-state index contributed by atoms with van der Waals surface area (Å²) in [5.74, 6) is 1.32. The molecule has 1 aromatic heterocycles. The summed E-state index contributed by atoms with van der Waals surface area (Å²) in [6.07, 6.45) is 4.69. The van der Waals surface area contributed by atoms with E-state index >= 15 is 0 Å². The van der Waals surface area contributed by atoms with Gasteiger partial charge in [0, 0.05) is 35.7 Å². The standard InChI is InChI=1S/C23H21N5O/c29-23(26-16-10-11-16)20-14-17(12-13-24-20)25-22-18-8-4-5-9-19(18)27-21(28-22)15-6-2-1-3-7-15/h1-9,14,16H,10-13H2,(H,26,29)(H,25,27,28). The molecule has 6 nitrogen and oxygen atoms in total. The van der Waals surface area contributed by atoms with Gasteiger partial charge in [-0.3, -0.25) is 9.79 Å². The highest BCUT2D eigenvalue weighted by molar-refractivity contribution is 6.43. The quantitative estimate of drug-likeness (QED) is 0.704. The van der Waals surface area contributed by atoms with Crippen LogP contribution < -0.4 is 10.6 Å². The van der Waals surface area contributed by atoms with Gasteiger partial charge in [-0.15, -0.1) is 0 Å². The minimum Gasteiger partial charge on any atom is -0.348 e. The van der Waals surface area contributed by atoms with Gasteiger partial charge >= 0.3 is 0 Å². The summed E-state index contributed by atoms with van der Waals surface area (Å²) in [7, 11) is 0. The molecule has 1 saturated carbocycles. The number of nitrogens with zero attached hydrogens (tertiary/aromatic N) is 3. The molecule has 1 aliphatic carbocycles. The summed E-state index contributed by atoms with van der Waals surface area (Å²) >= 11 is 0. The number of aliphatic imine (C=N–C) groups is 1. The van der Waals surface area contributed by atoms with Crippen molar-refractivity contribution in [1.82, 2.24) is 15.3 Å². The van der Waals surface area contributed by atoms with Crippen molar-refractivity contribution >= 4 is 28.3 Å². The molecule has 6 heteroatoms. The van der Waals surface area contributed by atoms with Crippen LogP contribution in [0.15, 0.2) is 71.4 Å². The fraction of sp³-hybridized carbons (Fsp3) is 0.217. The Bertz CT molecular complexity index is 1130. The molecule has 5 rings (SSSR count). The maximum Gasteiger partial charge on any atom is 0.269 e. The molecule has 2 aliphatic rings. The van der Waals surface area contributed by atoms with E-state index < -0.39 is 0 Å². The van der Waals surface area contributed by atoms with Crippen LogP contribution in [-0.2, 0) is 4.79 Å². The van der Waals surface area contributed by atoms with Gasteiger partial charge in [-0.1, -0.05) is 42.5 Å². The number of benzene rings is 2. The summed E-state index contributed by atoms with van der Waals surface area (Å²) in [4.78, 5) is 26.3. The van der Waals surface area contributed by atoms with Crippen LogP contribution in [-0.4, -0.2) is 34.2 Å². The molecule has 0 saturated heterocycles. The number of hydrogen-bond donors (Lipinski definition) is 2. The van der Waals surface area contributed by atoms with Crippen LogP contribution in [0.5, 0.6) is 0 Å². The highest BCUT2D eigenvalue weighted by atomic mass is 16.2. The maximum absolute atomic E-state index is 12.4. The molecule has 144 valence electrons. The highest BCUT2D eigenvalue weighted by Gasteiger charge is 2.25. The summed E-state index contributed by atoms with van der Waals surface area (Å²) in [6, 6.07) is 18.2. The van der Waals surface area contributed by atoms with Gasteiger partial charge in [0.2, 0.25) is 0 Å². The van der Waals surface area contributed by atoms with Gasteiger partial charge in [-0.05, 0) is 31.1 Å². The van der Waals surface area contributed by atoms with Gasteiger partial charge in [0.25, 0.3) is 5.91 Å². The lowest BCUT2D eigenvalue weighted by Crippen LogP contribution is -2.33. The molecule has 1 aliphatic heterocycles. The maximum atomic E-state index is 12.4. The molecule has 0 radical (unpaired) electrons. The average Bonchev–Trinajstić information content (AvgIpc) is 3.58. The fourth-order valence-corrected chi connectivity index (χ4v) is 3.34. The topological polar surface area (TPSA) is 79.3 Å². The minimum atomic E-state index is -0.0935. The number of rotatable bonds is 5. The minimum absolute atomic E-state index is 0.0935. The molecule has 0 unspecified atom stereocenters. The van der Waals surface area contributed by atoms with Crippen molar-refractivity contribution in [2.45, 2.75) is 25.3 Å². The van der Waals surface area contributed by atoms with Crippen LogP contribution in [0.1, 0.15) is 19.3 Å². The molecule has 29 heavy (non-hydrogen) atoms. The van der Waals surface area contributed by atoms with Gasteiger partial charge in [0.1, 0.15) is 11.5 Å². The van der Waals surface area contributed by atoms with E-state index in [1.165, 1.54) is 0 Å². The Hall–Kier alpha value is -3.54. The number of hydrogen-bond acceptors (Lipinski definition) is 5. The number of aromatic nitrogens is 2. The first kappa shape index (κ1) is 17.6. The van der Waals surface area contributed by atoms with Crippen molar-refractivity contribution < 1.29 is 4.79 Å². The van der Waals surface area contributed by atoms with Crippen molar-refractivity contribution in [1.29, 1.82) is 0 Å². The van der Waals surface area contributed by atoms with Gasteiger partial charge in [-0.2, -0.15) is 0 Å². The predicted octanol–water partition coefficient (Wildman–Crippen LogP) is 3.72. The van der Waals surface area contributed by atoms with Crippen LogP contribution in [0.4, 0.5) is 5.82 Å². The third-order valence-electron chi connectivity index (χ3n) is 5.03. The van der Waals surface area contributed by atoms with E-state index in [0.29, 0.717) is 24.1 Å². The molecular weight excluding hydrogens is 362 g/mol. The predicted molar refractivity (Wildman–Crippen MR) is 115 cm³/mol. The van der Waals surface area contributed by atoms with E-state index in [1.54, 1.807) is 0 Å². The Labute approximate surface area is 168 Å². The van der Waals surface area contributed by atoms with E-state index in [-0.39, 0.29) is 5.91 Å². The largest absolute Gasteiger partial charge is 0.348 e. The Kier molecular flexibility index (Phi) is 4.52. The van der Waals surface area contributed by atoms with Gasteiger partial charge < -0.3 is 10.6 Å². The van der Waals surface area contributed by atoms with E-state index in [4.69, 9.17) is 9.97 Å². The molecule has 0 spiro atoms. The Morgan fingerprint density at radius 1 is 0.966 bits per heavy atom. The number of nitrogens with one attached hydrogen (secondary N) is 2. The summed E-state index contributed by atoms with van der Waals surface area (Å²) in [5.41, 5.74) is 3.25. The second-order valence-electron chi connectivity index (χ2n) is 7.34. The van der Waals surface area contributed by atoms with E-state index in [0.717, 1.165) is 47.2 Å². The number of amides is 1. The summed E-state index contributed by atoms with van der Waals surface area (Å²) in [6.45, 7) is 0.584. The number of carbonyl (C=O) groups is 1. The molecular formula is C23H21N5O. The monoisotopic (exact) mass is 383 g/mol. The summed E-state index contributed by atoms with van der Waals surface area (Å²) < 4.78 is 0. The third kappa shape index (κ3) is 3.87. The lowest BCUT2D eigenvalue weighted by molar-refractivity contribution is -0.114. The van der Waals surface area contributed by atoms with Crippen LogP contribution in [0.2, 0.25) is 0 Å².